The maximum absolute atomic E-state index is 12.3. The molecule has 5 nitrogen and oxygen atoms in total. The number of nitrogens with one attached hydrogen (secondary N) is 1. The summed E-state index contributed by atoms with van der Waals surface area (Å²) in [6.07, 6.45) is 0. The minimum absolute atomic E-state index is 0.0921. The molecule has 0 aliphatic rings. The zero-order chi connectivity index (χ0) is 19.3. The Morgan fingerprint density at radius 2 is 2.04 bits per heavy atom. The van der Waals surface area contributed by atoms with Crippen molar-refractivity contribution < 1.29 is 9.53 Å². The quantitative estimate of drug-likeness (QED) is 0.392. The highest BCUT2D eigenvalue weighted by atomic mass is 32.2. The Balaban J connectivity index is 1.36. The topological polar surface area (TPSA) is 64.1 Å². The molecule has 0 spiro atoms. The number of aromatic nitrogens is 2. The van der Waals surface area contributed by atoms with Gasteiger partial charge in [-0.1, -0.05) is 53.4 Å². The summed E-state index contributed by atoms with van der Waals surface area (Å²) in [4.78, 5) is 21.4. The molecule has 0 aliphatic heterocycles. The van der Waals surface area contributed by atoms with Crippen LogP contribution in [0.4, 0.5) is 5.13 Å². The van der Waals surface area contributed by atoms with E-state index in [0.29, 0.717) is 17.5 Å². The number of rotatable bonds is 7. The average Bonchev–Trinajstić information content (AvgIpc) is 3.33. The molecule has 0 saturated carbocycles. The number of thioether (sulfide) groups is 1. The van der Waals surface area contributed by atoms with E-state index in [1.54, 1.807) is 11.3 Å². The minimum Gasteiger partial charge on any atom is -0.494 e. The van der Waals surface area contributed by atoms with Crippen LogP contribution in [-0.2, 0) is 4.79 Å². The number of benzene rings is 2. The summed E-state index contributed by atoms with van der Waals surface area (Å²) in [6, 6.07) is 15.8. The van der Waals surface area contributed by atoms with Crippen LogP contribution in [0, 0.1) is 0 Å². The summed E-state index contributed by atoms with van der Waals surface area (Å²) in [6.45, 7) is 2.57. The SMILES string of the molecule is CCOc1ccc2nc(NC(=O)CSc3nc(-c4ccccc4)cs3)sc2c1. The zero-order valence-electron chi connectivity index (χ0n) is 15.0. The van der Waals surface area contributed by atoms with E-state index in [1.165, 1.54) is 23.1 Å². The summed E-state index contributed by atoms with van der Waals surface area (Å²) in [5, 5.41) is 5.48. The normalized spacial score (nSPS) is 10.9. The first-order valence-corrected chi connectivity index (χ1v) is 11.4. The van der Waals surface area contributed by atoms with Gasteiger partial charge in [0.05, 0.1) is 28.3 Å². The summed E-state index contributed by atoms with van der Waals surface area (Å²) in [5.74, 6) is 1.01. The highest BCUT2D eigenvalue weighted by molar-refractivity contribution is 8.01. The smallest absolute Gasteiger partial charge is 0.236 e. The predicted molar refractivity (Wildman–Crippen MR) is 118 cm³/mol. The zero-order valence-corrected chi connectivity index (χ0v) is 17.5. The Hall–Kier alpha value is -2.42. The highest BCUT2D eigenvalue weighted by Gasteiger charge is 2.11. The molecule has 0 aliphatic carbocycles. The minimum atomic E-state index is -0.0921. The van der Waals surface area contributed by atoms with E-state index in [9.17, 15) is 4.79 Å². The van der Waals surface area contributed by atoms with Crippen molar-refractivity contribution in [2.75, 3.05) is 17.7 Å². The van der Waals surface area contributed by atoms with Crippen molar-refractivity contribution in [3.63, 3.8) is 0 Å². The van der Waals surface area contributed by atoms with Crippen LogP contribution in [0.15, 0.2) is 58.3 Å². The van der Waals surface area contributed by atoms with E-state index in [-0.39, 0.29) is 5.91 Å². The maximum atomic E-state index is 12.3. The number of ether oxygens (including phenoxy) is 1. The molecule has 8 heteroatoms. The molecule has 1 amide bonds. The van der Waals surface area contributed by atoms with E-state index in [1.807, 2.05) is 60.8 Å². The fraction of sp³-hybridized carbons (Fsp3) is 0.150. The molecule has 0 unspecified atom stereocenters. The lowest BCUT2D eigenvalue weighted by atomic mass is 10.2. The second-order valence-electron chi connectivity index (χ2n) is 5.78. The molecule has 4 aromatic rings. The van der Waals surface area contributed by atoms with Gasteiger partial charge in [-0.05, 0) is 25.1 Å². The summed E-state index contributed by atoms with van der Waals surface area (Å²) in [7, 11) is 0. The molecule has 4 rings (SSSR count). The van der Waals surface area contributed by atoms with E-state index >= 15 is 0 Å². The standard InChI is InChI=1S/C20H17N3O2S3/c1-2-25-14-8-9-15-17(10-14)28-19(21-15)23-18(24)12-27-20-22-16(11-26-20)13-6-4-3-5-7-13/h3-11H,2,12H2,1H3,(H,21,23,24). The summed E-state index contributed by atoms with van der Waals surface area (Å²) < 4.78 is 7.37. The number of amides is 1. The Morgan fingerprint density at radius 3 is 2.86 bits per heavy atom. The van der Waals surface area contributed by atoms with Crippen molar-refractivity contribution in [1.82, 2.24) is 9.97 Å². The molecule has 0 fully saturated rings. The van der Waals surface area contributed by atoms with Gasteiger partial charge in [-0.3, -0.25) is 4.79 Å². The summed E-state index contributed by atoms with van der Waals surface area (Å²) in [5.41, 5.74) is 2.87. The molecule has 142 valence electrons. The number of anilines is 1. The molecular formula is C20H17N3O2S3. The van der Waals surface area contributed by atoms with Gasteiger partial charge < -0.3 is 10.1 Å². The van der Waals surface area contributed by atoms with E-state index in [0.717, 1.165) is 31.6 Å². The number of carbonyl (C=O) groups is 1. The van der Waals surface area contributed by atoms with Gasteiger partial charge >= 0.3 is 0 Å². The number of hydrogen-bond donors (Lipinski definition) is 1. The van der Waals surface area contributed by atoms with Crippen LogP contribution in [0.2, 0.25) is 0 Å². The Morgan fingerprint density at radius 1 is 1.18 bits per heavy atom. The third-order valence-electron chi connectivity index (χ3n) is 3.80. The van der Waals surface area contributed by atoms with Crippen LogP contribution in [-0.4, -0.2) is 28.2 Å². The summed E-state index contributed by atoms with van der Waals surface area (Å²) >= 11 is 4.42. The van der Waals surface area contributed by atoms with Crippen molar-refractivity contribution in [3.05, 3.63) is 53.9 Å². The fourth-order valence-electron chi connectivity index (χ4n) is 2.56. The third-order valence-corrected chi connectivity index (χ3v) is 6.75. The Bertz CT molecular complexity index is 1090. The lowest BCUT2D eigenvalue weighted by molar-refractivity contribution is -0.113. The van der Waals surface area contributed by atoms with Gasteiger partial charge in [0.25, 0.3) is 0 Å². The van der Waals surface area contributed by atoms with E-state index in [4.69, 9.17) is 4.74 Å². The Kier molecular flexibility index (Phi) is 5.90. The predicted octanol–water partition coefficient (Wildman–Crippen LogP) is 5.55. The lowest BCUT2D eigenvalue weighted by Crippen LogP contribution is -2.13. The molecular weight excluding hydrogens is 410 g/mol. The molecule has 2 aromatic carbocycles. The van der Waals surface area contributed by atoms with Crippen molar-refractivity contribution in [1.29, 1.82) is 0 Å². The van der Waals surface area contributed by atoms with Crippen molar-refractivity contribution in [2.45, 2.75) is 11.3 Å². The largest absolute Gasteiger partial charge is 0.494 e. The van der Waals surface area contributed by atoms with E-state index < -0.39 is 0 Å². The number of nitrogens with zero attached hydrogens (tertiary/aromatic N) is 2. The van der Waals surface area contributed by atoms with Crippen LogP contribution in [0.3, 0.4) is 0 Å². The van der Waals surface area contributed by atoms with Gasteiger partial charge in [0.1, 0.15) is 5.75 Å². The second kappa shape index (κ2) is 8.72. The average molecular weight is 428 g/mol. The van der Waals surface area contributed by atoms with Crippen LogP contribution >= 0.6 is 34.4 Å². The lowest BCUT2D eigenvalue weighted by Gasteiger charge is -2.00. The van der Waals surface area contributed by atoms with Gasteiger partial charge in [-0.25, -0.2) is 9.97 Å². The Labute approximate surface area is 174 Å². The number of thiazole rings is 2. The highest BCUT2D eigenvalue weighted by Crippen LogP contribution is 2.30. The molecule has 2 aromatic heterocycles. The van der Waals surface area contributed by atoms with Crippen LogP contribution in [0.1, 0.15) is 6.92 Å². The van der Waals surface area contributed by atoms with Gasteiger partial charge in [0.2, 0.25) is 5.91 Å². The third kappa shape index (κ3) is 4.52. The maximum Gasteiger partial charge on any atom is 0.236 e. The number of fused-ring (bicyclic) bond motifs is 1. The molecule has 1 N–H and O–H groups in total. The van der Waals surface area contributed by atoms with Gasteiger partial charge in [0.15, 0.2) is 9.47 Å². The molecule has 28 heavy (non-hydrogen) atoms. The van der Waals surface area contributed by atoms with Crippen molar-refractivity contribution in [2.24, 2.45) is 0 Å². The van der Waals surface area contributed by atoms with E-state index in [2.05, 4.69) is 15.3 Å². The van der Waals surface area contributed by atoms with Crippen molar-refractivity contribution in [3.8, 4) is 17.0 Å². The van der Waals surface area contributed by atoms with Gasteiger partial charge in [0, 0.05) is 10.9 Å². The fourth-order valence-corrected chi connectivity index (χ4v) is 5.11. The van der Waals surface area contributed by atoms with Gasteiger partial charge in [-0.2, -0.15) is 0 Å². The molecule has 0 bridgehead atoms. The van der Waals surface area contributed by atoms with Crippen LogP contribution in [0.5, 0.6) is 5.75 Å². The number of hydrogen-bond acceptors (Lipinski definition) is 7. The van der Waals surface area contributed by atoms with Gasteiger partial charge in [-0.15, -0.1) is 11.3 Å². The monoisotopic (exact) mass is 427 g/mol. The number of carbonyl (C=O) groups excluding carboxylic acids is 1. The second-order valence-corrected chi connectivity index (χ2v) is 8.89. The first kappa shape index (κ1) is 18.9. The molecule has 0 radical (unpaired) electrons. The van der Waals surface area contributed by atoms with Crippen LogP contribution < -0.4 is 10.1 Å². The first-order chi connectivity index (χ1) is 13.7. The van der Waals surface area contributed by atoms with Crippen LogP contribution in [0.25, 0.3) is 21.5 Å². The first-order valence-electron chi connectivity index (χ1n) is 8.68. The molecule has 0 saturated heterocycles. The molecule has 0 atom stereocenters. The molecule has 2 heterocycles. The van der Waals surface area contributed by atoms with Crippen molar-refractivity contribution >= 4 is 55.7 Å².